The highest BCUT2D eigenvalue weighted by Crippen LogP contribution is 2.52. The Kier molecular flexibility index (Phi) is 6.32. The number of ether oxygens (including phenoxy) is 1. The van der Waals surface area contributed by atoms with Gasteiger partial charge in [0.1, 0.15) is 22.8 Å². The molecule has 0 amide bonds. The summed E-state index contributed by atoms with van der Waals surface area (Å²) >= 11 is 7.66. The molecule has 11 heteroatoms. The molecule has 1 N–H and O–H groups in total. The number of carboxylic acids is 1. The molecular weight excluding hydrogens is 560 g/mol. The fourth-order valence-corrected chi connectivity index (χ4v) is 7.41. The Hall–Kier alpha value is -3.08. The summed E-state index contributed by atoms with van der Waals surface area (Å²) in [5, 5.41) is 14.4. The number of anilines is 1. The second kappa shape index (κ2) is 9.78. The van der Waals surface area contributed by atoms with Crippen molar-refractivity contribution in [1.29, 1.82) is 0 Å². The number of hydrogen-bond donors (Lipinski definition) is 1. The normalized spacial score (nSPS) is 18.9. The summed E-state index contributed by atoms with van der Waals surface area (Å²) in [6, 6.07) is 7.10. The summed E-state index contributed by atoms with van der Waals surface area (Å²) in [6.45, 7) is 1.90. The van der Waals surface area contributed by atoms with E-state index < -0.39 is 17.6 Å². The quantitative estimate of drug-likeness (QED) is 0.241. The second-order valence-corrected chi connectivity index (χ2v) is 12.6. The molecule has 0 bridgehead atoms. The Bertz CT molecular complexity index is 1600. The minimum absolute atomic E-state index is 0.0714. The lowest BCUT2D eigenvalue weighted by Crippen LogP contribution is -2.50. The molecule has 0 unspecified atom stereocenters. The zero-order valence-electron chi connectivity index (χ0n) is 21.5. The van der Waals surface area contributed by atoms with Crippen molar-refractivity contribution < 1.29 is 27.9 Å². The van der Waals surface area contributed by atoms with Crippen LogP contribution in [-0.4, -0.2) is 40.4 Å². The van der Waals surface area contributed by atoms with E-state index in [1.54, 1.807) is 12.1 Å². The maximum absolute atomic E-state index is 14.7. The van der Waals surface area contributed by atoms with Gasteiger partial charge in [-0.15, -0.1) is 0 Å². The Labute approximate surface area is 237 Å². The van der Waals surface area contributed by atoms with Crippen LogP contribution in [0.1, 0.15) is 66.1 Å². The third-order valence-electron chi connectivity index (χ3n) is 8.53. The average Bonchev–Trinajstić information content (AvgIpc) is 3.52. The van der Waals surface area contributed by atoms with Gasteiger partial charge < -0.3 is 19.3 Å². The van der Waals surface area contributed by atoms with Crippen LogP contribution in [-0.2, 0) is 11.3 Å². The Morgan fingerprint density at radius 3 is 2.67 bits per heavy atom. The molecule has 1 saturated heterocycles. The molecule has 3 aliphatic rings. The van der Waals surface area contributed by atoms with E-state index in [0.29, 0.717) is 27.9 Å². The Morgan fingerprint density at radius 1 is 1.20 bits per heavy atom. The minimum Gasteiger partial charge on any atom is -0.478 e. The number of hydrogen-bond acceptors (Lipinski definition) is 7. The van der Waals surface area contributed by atoms with E-state index in [1.165, 1.54) is 23.5 Å². The molecule has 2 aromatic carbocycles. The van der Waals surface area contributed by atoms with Gasteiger partial charge >= 0.3 is 5.97 Å². The molecular formula is C29H26ClF2N3O4S. The van der Waals surface area contributed by atoms with Crippen LogP contribution in [0.3, 0.4) is 0 Å². The first-order chi connectivity index (χ1) is 19.3. The third-order valence-corrected chi connectivity index (χ3v) is 9.91. The summed E-state index contributed by atoms with van der Waals surface area (Å²) in [6.07, 6.45) is 5.98. The summed E-state index contributed by atoms with van der Waals surface area (Å²) in [7, 11) is 0. The maximum atomic E-state index is 14.7. The number of halogens is 3. The van der Waals surface area contributed by atoms with Crippen molar-refractivity contribution in [3.63, 3.8) is 0 Å². The Balaban J connectivity index is 0.995. The number of thiazole rings is 1. The lowest BCUT2D eigenvalue weighted by molar-refractivity contribution is -0.0979. The smallest absolute Gasteiger partial charge is 0.335 e. The topological polar surface area (TPSA) is 88.7 Å². The van der Waals surface area contributed by atoms with Gasteiger partial charge in [0.05, 0.1) is 33.6 Å². The third kappa shape index (κ3) is 4.55. The molecule has 208 valence electrons. The first kappa shape index (κ1) is 25.9. The van der Waals surface area contributed by atoms with Gasteiger partial charge in [-0.1, -0.05) is 34.2 Å². The van der Waals surface area contributed by atoms with Gasteiger partial charge in [0, 0.05) is 24.6 Å². The predicted octanol–water partition coefficient (Wildman–Crippen LogP) is 7.42. The minimum atomic E-state index is -1.16. The van der Waals surface area contributed by atoms with Crippen molar-refractivity contribution in [2.24, 2.45) is 5.41 Å². The molecule has 0 atom stereocenters. The van der Waals surface area contributed by atoms with Crippen molar-refractivity contribution >= 4 is 44.3 Å². The molecule has 2 aromatic heterocycles. The highest BCUT2D eigenvalue weighted by Gasteiger charge is 2.47. The van der Waals surface area contributed by atoms with E-state index in [-0.39, 0.29) is 28.2 Å². The van der Waals surface area contributed by atoms with E-state index in [2.05, 4.69) is 15.0 Å². The SMILES string of the molecule is O=C(O)c1cc(F)c2nc(N3CCC4(CC3)CC(OCc3c(-c5c(F)cccc5Cl)noc3C3CC3)C4)sc2c1. The fourth-order valence-electron chi connectivity index (χ4n) is 6.09. The predicted molar refractivity (Wildman–Crippen MR) is 147 cm³/mol. The molecule has 2 aliphatic carbocycles. The van der Waals surface area contributed by atoms with E-state index in [4.69, 9.17) is 20.9 Å². The van der Waals surface area contributed by atoms with Crippen LogP contribution >= 0.6 is 22.9 Å². The van der Waals surface area contributed by atoms with Gasteiger partial charge in [-0.3, -0.25) is 0 Å². The summed E-state index contributed by atoms with van der Waals surface area (Å²) in [5.74, 6) is -1.12. The largest absolute Gasteiger partial charge is 0.478 e. The van der Waals surface area contributed by atoms with Crippen LogP contribution in [0.5, 0.6) is 0 Å². The van der Waals surface area contributed by atoms with Crippen molar-refractivity contribution in [3.8, 4) is 11.3 Å². The fraction of sp³-hybridized carbons (Fsp3) is 0.414. The van der Waals surface area contributed by atoms with Gasteiger partial charge in [-0.2, -0.15) is 0 Å². The first-order valence-electron chi connectivity index (χ1n) is 13.4. The van der Waals surface area contributed by atoms with Gasteiger partial charge in [-0.25, -0.2) is 18.6 Å². The zero-order chi connectivity index (χ0) is 27.6. The lowest BCUT2D eigenvalue weighted by atomic mass is 9.61. The van der Waals surface area contributed by atoms with Gasteiger partial charge in [0.2, 0.25) is 0 Å². The molecule has 1 spiro atoms. The second-order valence-electron chi connectivity index (χ2n) is 11.2. The zero-order valence-corrected chi connectivity index (χ0v) is 23.0. The molecule has 7 rings (SSSR count). The lowest BCUT2D eigenvalue weighted by Gasteiger charge is -2.51. The van der Waals surface area contributed by atoms with Gasteiger partial charge in [0.15, 0.2) is 10.9 Å². The van der Waals surface area contributed by atoms with Crippen LogP contribution < -0.4 is 4.90 Å². The number of aromatic carboxylic acids is 1. The van der Waals surface area contributed by atoms with E-state index in [9.17, 15) is 18.7 Å². The molecule has 1 aliphatic heterocycles. The standard InChI is InChI=1S/C29H26ClF2N3O4S/c30-19-2-1-3-20(31)23(19)24-18(26(39-34-24)15-4-5-15)14-38-17-12-29(13-17)6-8-35(9-7-29)28-33-25-21(32)10-16(27(36)37)11-22(25)40-28/h1-3,10-11,15,17H,4-9,12-14H2,(H,36,37). The molecule has 7 nitrogen and oxygen atoms in total. The molecule has 3 heterocycles. The van der Waals surface area contributed by atoms with Gasteiger partial charge in [0.25, 0.3) is 0 Å². The average molecular weight is 586 g/mol. The number of benzene rings is 2. The number of piperidine rings is 1. The summed E-state index contributed by atoms with van der Waals surface area (Å²) in [4.78, 5) is 17.9. The number of fused-ring (bicyclic) bond motifs is 1. The molecule has 0 radical (unpaired) electrons. The molecule has 3 fully saturated rings. The number of carboxylic acid groups (broad SMARTS) is 1. The number of aromatic nitrogens is 2. The van der Waals surface area contributed by atoms with E-state index in [1.807, 2.05) is 0 Å². The summed E-state index contributed by atoms with van der Waals surface area (Å²) < 4.78 is 41.7. The molecule has 4 aromatic rings. The number of nitrogens with zero attached hydrogens (tertiary/aromatic N) is 3. The van der Waals surface area contributed by atoms with Crippen molar-refractivity contribution in [3.05, 3.63) is 63.9 Å². The van der Waals surface area contributed by atoms with Crippen molar-refractivity contribution in [1.82, 2.24) is 10.1 Å². The van der Waals surface area contributed by atoms with Crippen LogP contribution in [0, 0.1) is 17.0 Å². The van der Waals surface area contributed by atoms with E-state index in [0.717, 1.165) is 74.1 Å². The van der Waals surface area contributed by atoms with Gasteiger partial charge in [-0.05, 0) is 68.2 Å². The monoisotopic (exact) mass is 585 g/mol. The first-order valence-corrected chi connectivity index (χ1v) is 14.6. The highest BCUT2D eigenvalue weighted by molar-refractivity contribution is 7.22. The number of rotatable bonds is 7. The summed E-state index contributed by atoms with van der Waals surface area (Å²) in [5.41, 5.74) is 1.82. The highest BCUT2D eigenvalue weighted by atomic mass is 35.5. The molecule has 2 saturated carbocycles. The van der Waals surface area contributed by atoms with E-state index >= 15 is 0 Å². The van der Waals surface area contributed by atoms with Crippen molar-refractivity contribution in [2.45, 2.75) is 57.2 Å². The number of carbonyl (C=O) groups is 1. The van der Waals surface area contributed by atoms with Crippen LogP contribution in [0.15, 0.2) is 34.9 Å². The van der Waals surface area contributed by atoms with Crippen molar-refractivity contribution in [2.75, 3.05) is 18.0 Å². The van der Waals surface area contributed by atoms with Crippen LogP contribution in [0.4, 0.5) is 13.9 Å². The maximum Gasteiger partial charge on any atom is 0.335 e. The molecule has 40 heavy (non-hydrogen) atoms. The Morgan fingerprint density at radius 2 is 1.98 bits per heavy atom. The van der Waals surface area contributed by atoms with Crippen LogP contribution in [0.25, 0.3) is 21.5 Å². The van der Waals surface area contributed by atoms with Crippen LogP contribution in [0.2, 0.25) is 5.02 Å².